The molecule has 118 valence electrons. The van der Waals surface area contributed by atoms with Gasteiger partial charge in [-0.3, -0.25) is 4.79 Å². The highest BCUT2D eigenvalue weighted by atomic mass is 35.5. The lowest BCUT2D eigenvalue weighted by molar-refractivity contribution is -0.127. The summed E-state index contributed by atoms with van der Waals surface area (Å²) in [6, 6.07) is 6.75. The van der Waals surface area contributed by atoms with Crippen LogP contribution in [-0.2, 0) is 11.2 Å². The van der Waals surface area contributed by atoms with Crippen molar-refractivity contribution < 1.29 is 15.0 Å². The van der Waals surface area contributed by atoms with Gasteiger partial charge in [-0.1, -0.05) is 12.1 Å². The van der Waals surface area contributed by atoms with E-state index in [9.17, 15) is 15.0 Å². The number of phenols is 1. The summed E-state index contributed by atoms with van der Waals surface area (Å²) in [5.74, 6) is 0.102. The molecule has 0 saturated heterocycles. The molecule has 1 aromatic carbocycles. The van der Waals surface area contributed by atoms with Gasteiger partial charge in [0.05, 0.1) is 6.10 Å². The van der Waals surface area contributed by atoms with Crippen molar-refractivity contribution in [2.24, 2.45) is 11.7 Å². The van der Waals surface area contributed by atoms with Gasteiger partial charge in [-0.25, -0.2) is 0 Å². The Labute approximate surface area is 131 Å². The fourth-order valence-electron chi connectivity index (χ4n) is 2.55. The van der Waals surface area contributed by atoms with Crippen LogP contribution in [-0.4, -0.2) is 34.8 Å². The maximum atomic E-state index is 12.0. The van der Waals surface area contributed by atoms with Gasteiger partial charge < -0.3 is 21.3 Å². The zero-order chi connectivity index (χ0) is 14.5. The summed E-state index contributed by atoms with van der Waals surface area (Å²) in [4.78, 5) is 12.0. The Bertz CT molecular complexity index is 453. The lowest BCUT2D eigenvalue weighted by Gasteiger charge is -2.29. The summed E-state index contributed by atoms with van der Waals surface area (Å²) >= 11 is 0. The number of amides is 1. The molecule has 6 heteroatoms. The molecule has 3 atom stereocenters. The average Bonchev–Trinajstić information content (AvgIpc) is 2.44. The number of halogens is 1. The first-order valence-corrected chi connectivity index (χ1v) is 7.05. The second-order valence-corrected chi connectivity index (χ2v) is 5.45. The zero-order valence-corrected chi connectivity index (χ0v) is 12.7. The molecule has 1 aliphatic rings. The molecule has 0 radical (unpaired) electrons. The molecule has 1 fully saturated rings. The van der Waals surface area contributed by atoms with E-state index in [2.05, 4.69) is 5.32 Å². The highest BCUT2D eigenvalue weighted by Gasteiger charge is 2.30. The van der Waals surface area contributed by atoms with E-state index in [-0.39, 0.29) is 36.0 Å². The molecule has 1 amide bonds. The Kier molecular flexibility index (Phi) is 6.95. The van der Waals surface area contributed by atoms with E-state index in [1.165, 1.54) is 0 Å². The molecule has 0 aliphatic heterocycles. The summed E-state index contributed by atoms with van der Waals surface area (Å²) in [5.41, 5.74) is 6.79. The third-order valence-electron chi connectivity index (χ3n) is 3.89. The van der Waals surface area contributed by atoms with E-state index < -0.39 is 6.10 Å². The quantitative estimate of drug-likeness (QED) is 0.665. The first-order valence-electron chi connectivity index (χ1n) is 7.05. The van der Waals surface area contributed by atoms with Gasteiger partial charge in [0.1, 0.15) is 5.75 Å². The van der Waals surface area contributed by atoms with Crippen molar-refractivity contribution in [1.29, 1.82) is 0 Å². The minimum atomic E-state index is -0.573. The number of hydrogen-bond acceptors (Lipinski definition) is 4. The smallest absolute Gasteiger partial charge is 0.223 e. The average molecular weight is 315 g/mol. The van der Waals surface area contributed by atoms with Gasteiger partial charge in [-0.2, -0.15) is 0 Å². The Morgan fingerprint density at radius 3 is 2.57 bits per heavy atom. The maximum Gasteiger partial charge on any atom is 0.223 e. The highest BCUT2D eigenvalue weighted by molar-refractivity contribution is 5.85. The van der Waals surface area contributed by atoms with Crippen molar-refractivity contribution in [3.8, 4) is 5.75 Å². The molecule has 21 heavy (non-hydrogen) atoms. The van der Waals surface area contributed by atoms with Crippen LogP contribution >= 0.6 is 12.4 Å². The van der Waals surface area contributed by atoms with Crippen molar-refractivity contribution in [3.05, 3.63) is 29.8 Å². The Balaban J connectivity index is 0.00000220. The SMILES string of the molecule is Cl.N[C@@H]1CC[C@H](C(=O)NCCc2ccc(O)cc2)C[C@H]1O. The van der Waals surface area contributed by atoms with Crippen molar-refractivity contribution in [1.82, 2.24) is 5.32 Å². The second-order valence-electron chi connectivity index (χ2n) is 5.45. The number of phenolic OH excluding ortho intramolecular Hbond substituents is 1. The molecule has 1 aliphatic carbocycles. The van der Waals surface area contributed by atoms with E-state index in [0.29, 0.717) is 19.4 Å². The number of rotatable bonds is 4. The van der Waals surface area contributed by atoms with Gasteiger partial charge in [-0.05, 0) is 43.4 Å². The van der Waals surface area contributed by atoms with Crippen LogP contribution in [0.5, 0.6) is 5.75 Å². The monoisotopic (exact) mass is 314 g/mol. The molecule has 0 spiro atoms. The van der Waals surface area contributed by atoms with Crippen molar-refractivity contribution in [2.75, 3.05) is 6.54 Å². The van der Waals surface area contributed by atoms with Crippen LogP contribution in [0.3, 0.4) is 0 Å². The molecular weight excluding hydrogens is 292 g/mol. The molecule has 5 nitrogen and oxygen atoms in total. The Morgan fingerprint density at radius 2 is 1.95 bits per heavy atom. The van der Waals surface area contributed by atoms with E-state index >= 15 is 0 Å². The summed E-state index contributed by atoms with van der Waals surface area (Å²) in [6.45, 7) is 0.558. The molecule has 0 unspecified atom stereocenters. The summed E-state index contributed by atoms with van der Waals surface area (Å²) in [5, 5.41) is 21.8. The van der Waals surface area contributed by atoms with E-state index in [0.717, 1.165) is 18.4 Å². The van der Waals surface area contributed by atoms with E-state index in [1.54, 1.807) is 12.1 Å². The number of aliphatic hydroxyl groups excluding tert-OH is 1. The number of hydrogen-bond donors (Lipinski definition) is 4. The fraction of sp³-hybridized carbons (Fsp3) is 0.533. The largest absolute Gasteiger partial charge is 0.508 e. The zero-order valence-electron chi connectivity index (χ0n) is 11.9. The van der Waals surface area contributed by atoms with Gasteiger partial charge in [0.15, 0.2) is 0 Å². The number of carbonyl (C=O) groups excluding carboxylic acids is 1. The number of nitrogens with one attached hydrogen (secondary N) is 1. The van der Waals surface area contributed by atoms with Crippen LogP contribution in [0.1, 0.15) is 24.8 Å². The third-order valence-corrected chi connectivity index (χ3v) is 3.89. The summed E-state index contributed by atoms with van der Waals surface area (Å²) in [7, 11) is 0. The predicted molar refractivity (Wildman–Crippen MR) is 83.4 cm³/mol. The van der Waals surface area contributed by atoms with Gasteiger partial charge in [0.25, 0.3) is 0 Å². The van der Waals surface area contributed by atoms with E-state index in [4.69, 9.17) is 5.73 Å². The highest BCUT2D eigenvalue weighted by Crippen LogP contribution is 2.23. The number of benzene rings is 1. The molecule has 5 N–H and O–H groups in total. The van der Waals surface area contributed by atoms with Gasteiger partial charge in [0.2, 0.25) is 5.91 Å². The van der Waals surface area contributed by atoms with Gasteiger partial charge in [-0.15, -0.1) is 12.4 Å². The Morgan fingerprint density at radius 1 is 1.29 bits per heavy atom. The van der Waals surface area contributed by atoms with Crippen LogP contribution in [0.15, 0.2) is 24.3 Å². The molecule has 1 saturated carbocycles. The lowest BCUT2D eigenvalue weighted by Crippen LogP contribution is -2.44. The molecule has 1 aromatic rings. The fourth-order valence-corrected chi connectivity index (χ4v) is 2.55. The first-order chi connectivity index (χ1) is 9.56. The van der Waals surface area contributed by atoms with Crippen LogP contribution in [0.25, 0.3) is 0 Å². The predicted octanol–water partition coefficient (Wildman–Crippen LogP) is 0.961. The Hall–Kier alpha value is -1.30. The van der Waals surface area contributed by atoms with Crippen LogP contribution in [0.2, 0.25) is 0 Å². The molecule has 0 heterocycles. The maximum absolute atomic E-state index is 12.0. The van der Waals surface area contributed by atoms with Crippen LogP contribution < -0.4 is 11.1 Å². The van der Waals surface area contributed by atoms with Crippen molar-refractivity contribution >= 4 is 18.3 Å². The van der Waals surface area contributed by atoms with Crippen molar-refractivity contribution in [3.63, 3.8) is 0 Å². The van der Waals surface area contributed by atoms with E-state index in [1.807, 2.05) is 12.1 Å². The molecule has 0 aromatic heterocycles. The number of nitrogens with two attached hydrogens (primary N) is 1. The lowest BCUT2D eigenvalue weighted by atomic mass is 9.84. The third kappa shape index (κ3) is 5.19. The summed E-state index contributed by atoms with van der Waals surface area (Å²) in [6.07, 6.45) is 2.03. The first kappa shape index (κ1) is 17.8. The normalized spacial score (nSPS) is 25.0. The second kappa shape index (κ2) is 8.22. The standard InChI is InChI=1S/C15H22N2O3.ClH/c16-13-6-3-11(9-14(13)19)15(20)17-8-7-10-1-4-12(18)5-2-10;/h1-2,4-5,11,13-14,18-19H,3,6-9,16H2,(H,17,20);1H/t11-,13+,14+;/m0./s1. The number of aliphatic hydroxyl groups is 1. The minimum absolute atomic E-state index is 0. The molecule has 0 bridgehead atoms. The van der Waals surface area contributed by atoms with Crippen LogP contribution in [0.4, 0.5) is 0 Å². The van der Waals surface area contributed by atoms with Crippen molar-refractivity contribution in [2.45, 2.75) is 37.8 Å². The molecular formula is C15H23ClN2O3. The van der Waals surface area contributed by atoms with Crippen LogP contribution in [0, 0.1) is 5.92 Å². The summed E-state index contributed by atoms with van der Waals surface area (Å²) < 4.78 is 0. The van der Waals surface area contributed by atoms with Gasteiger partial charge >= 0.3 is 0 Å². The minimum Gasteiger partial charge on any atom is -0.508 e. The van der Waals surface area contributed by atoms with Gasteiger partial charge in [0, 0.05) is 18.5 Å². The molecule has 2 rings (SSSR count). The number of aromatic hydroxyl groups is 1. The topological polar surface area (TPSA) is 95.6 Å². The number of carbonyl (C=O) groups is 1.